The van der Waals surface area contributed by atoms with Gasteiger partial charge in [-0.1, -0.05) is 36.4 Å². The molecule has 0 bridgehead atoms. The van der Waals surface area contributed by atoms with Gasteiger partial charge in [0.25, 0.3) is 0 Å². The largest absolute Gasteiger partial charge is 0.372 e. The molecule has 4 nitrogen and oxygen atoms in total. The molecule has 0 aliphatic carbocycles. The van der Waals surface area contributed by atoms with Gasteiger partial charge in [-0.2, -0.15) is 0 Å². The predicted octanol–water partition coefficient (Wildman–Crippen LogP) is 2.39. The monoisotopic (exact) mass is 335 g/mol. The summed E-state index contributed by atoms with van der Waals surface area (Å²) in [4.78, 5) is 0. The highest BCUT2D eigenvalue weighted by molar-refractivity contribution is 7.88. The lowest BCUT2D eigenvalue weighted by Gasteiger charge is -2.25. The highest BCUT2D eigenvalue weighted by atomic mass is 32.2. The Morgan fingerprint density at radius 3 is 2.70 bits per heavy atom. The van der Waals surface area contributed by atoms with Crippen LogP contribution in [0.5, 0.6) is 0 Å². The standard InChI is InChI=1S/C17H18FNO3S/c18-16-7-3-4-13(8-16)12-23(20,21)19-10-17-9-14-5-1-2-6-15(14)11-22-17/h1-8,17,19H,9-12H2. The molecule has 0 amide bonds. The number of rotatable bonds is 5. The molecule has 0 spiro atoms. The van der Waals surface area contributed by atoms with Crippen LogP contribution in [0.2, 0.25) is 0 Å². The minimum atomic E-state index is -3.52. The van der Waals surface area contributed by atoms with E-state index in [-0.39, 0.29) is 18.4 Å². The molecule has 0 fully saturated rings. The van der Waals surface area contributed by atoms with Crippen LogP contribution in [0, 0.1) is 5.82 Å². The Kier molecular flexibility index (Phi) is 4.75. The maximum Gasteiger partial charge on any atom is 0.215 e. The Bertz CT molecular complexity index is 792. The van der Waals surface area contributed by atoms with Gasteiger partial charge in [0.2, 0.25) is 10.0 Å². The maximum absolute atomic E-state index is 13.1. The molecule has 1 aliphatic rings. The van der Waals surface area contributed by atoms with E-state index in [0.717, 1.165) is 5.56 Å². The van der Waals surface area contributed by atoms with Crippen LogP contribution in [0.4, 0.5) is 4.39 Å². The topological polar surface area (TPSA) is 55.4 Å². The van der Waals surface area contributed by atoms with Crippen molar-refractivity contribution in [3.63, 3.8) is 0 Å². The summed E-state index contributed by atoms with van der Waals surface area (Å²) in [5, 5.41) is 0. The van der Waals surface area contributed by atoms with Crippen molar-refractivity contribution in [3.8, 4) is 0 Å². The van der Waals surface area contributed by atoms with Crippen molar-refractivity contribution in [1.82, 2.24) is 4.72 Å². The van der Waals surface area contributed by atoms with Crippen molar-refractivity contribution >= 4 is 10.0 Å². The third-order valence-electron chi connectivity index (χ3n) is 3.82. The average Bonchev–Trinajstić information content (AvgIpc) is 2.52. The third kappa shape index (κ3) is 4.37. The van der Waals surface area contributed by atoms with Crippen molar-refractivity contribution in [3.05, 3.63) is 71.0 Å². The summed E-state index contributed by atoms with van der Waals surface area (Å²) in [7, 11) is -3.52. The number of hydrogen-bond donors (Lipinski definition) is 1. The van der Waals surface area contributed by atoms with E-state index < -0.39 is 15.8 Å². The zero-order valence-electron chi connectivity index (χ0n) is 12.5. The van der Waals surface area contributed by atoms with Gasteiger partial charge in [-0.25, -0.2) is 17.5 Å². The van der Waals surface area contributed by atoms with Gasteiger partial charge in [-0.3, -0.25) is 0 Å². The summed E-state index contributed by atoms with van der Waals surface area (Å²) < 4.78 is 45.6. The number of sulfonamides is 1. The summed E-state index contributed by atoms with van der Waals surface area (Å²) in [6, 6.07) is 13.6. The number of halogens is 1. The second-order valence-electron chi connectivity index (χ2n) is 5.64. The van der Waals surface area contributed by atoms with Crippen molar-refractivity contribution in [2.24, 2.45) is 0 Å². The van der Waals surface area contributed by atoms with Gasteiger partial charge < -0.3 is 4.74 Å². The first kappa shape index (κ1) is 16.1. The zero-order chi connectivity index (χ0) is 16.3. The van der Waals surface area contributed by atoms with Crippen LogP contribution in [-0.4, -0.2) is 21.1 Å². The van der Waals surface area contributed by atoms with E-state index in [0.29, 0.717) is 18.6 Å². The first-order valence-corrected chi connectivity index (χ1v) is 9.07. The lowest BCUT2D eigenvalue weighted by molar-refractivity contribution is 0.0322. The van der Waals surface area contributed by atoms with Crippen molar-refractivity contribution in [1.29, 1.82) is 0 Å². The average molecular weight is 335 g/mol. The van der Waals surface area contributed by atoms with E-state index in [1.165, 1.54) is 23.8 Å². The lowest BCUT2D eigenvalue weighted by atomic mass is 9.99. The fraction of sp³-hybridized carbons (Fsp3) is 0.294. The SMILES string of the molecule is O=S(=O)(Cc1cccc(F)c1)NCC1Cc2ccccc2CO1. The first-order chi connectivity index (χ1) is 11.0. The van der Waals surface area contributed by atoms with Gasteiger partial charge in [0.15, 0.2) is 0 Å². The normalized spacial score (nSPS) is 17.7. The molecule has 0 radical (unpaired) electrons. The number of ether oxygens (including phenoxy) is 1. The molecule has 23 heavy (non-hydrogen) atoms. The van der Waals surface area contributed by atoms with E-state index in [9.17, 15) is 12.8 Å². The Hall–Kier alpha value is -1.76. The molecule has 0 saturated carbocycles. The Balaban J connectivity index is 1.58. The molecule has 6 heteroatoms. The minimum absolute atomic E-state index is 0.188. The predicted molar refractivity (Wildman–Crippen MR) is 85.7 cm³/mol. The highest BCUT2D eigenvalue weighted by Crippen LogP contribution is 2.20. The zero-order valence-corrected chi connectivity index (χ0v) is 13.4. The Labute approximate surface area is 135 Å². The van der Waals surface area contributed by atoms with Gasteiger partial charge in [0.05, 0.1) is 18.5 Å². The molecule has 1 unspecified atom stereocenters. The van der Waals surface area contributed by atoms with Crippen LogP contribution in [0.25, 0.3) is 0 Å². The smallest absolute Gasteiger partial charge is 0.215 e. The molecule has 2 aromatic rings. The number of hydrogen-bond acceptors (Lipinski definition) is 3. The van der Waals surface area contributed by atoms with Gasteiger partial charge in [-0.05, 0) is 28.8 Å². The summed E-state index contributed by atoms with van der Waals surface area (Å²) >= 11 is 0. The maximum atomic E-state index is 13.1. The Morgan fingerprint density at radius 2 is 1.91 bits per heavy atom. The summed E-state index contributed by atoms with van der Waals surface area (Å²) in [6.07, 6.45) is 0.491. The van der Waals surface area contributed by atoms with Crippen molar-refractivity contribution in [2.75, 3.05) is 6.54 Å². The fourth-order valence-electron chi connectivity index (χ4n) is 2.66. The van der Waals surface area contributed by atoms with E-state index in [1.807, 2.05) is 24.3 Å². The number of nitrogens with one attached hydrogen (secondary N) is 1. The van der Waals surface area contributed by atoms with Crippen LogP contribution >= 0.6 is 0 Å². The van der Waals surface area contributed by atoms with Crippen LogP contribution in [-0.2, 0) is 33.5 Å². The van der Waals surface area contributed by atoms with Crippen molar-refractivity contribution < 1.29 is 17.5 Å². The van der Waals surface area contributed by atoms with Gasteiger partial charge >= 0.3 is 0 Å². The molecule has 2 aromatic carbocycles. The minimum Gasteiger partial charge on any atom is -0.372 e. The van der Waals surface area contributed by atoms with E-state index in [1.54, 1.807) is 6.07 Å². The third-order valence-corrected chi connectivity index (χ3v) is 5.14. The van der Waals surface area contributed by atoms with Crippen LogP contribution in [0.3, 0.4) is 0 Å². The first-order valence-electron chi connectivity index (χ1n) is 7.42. The fourth-order valence-corrected chi connectivity index (χ4v) is 3.82. The molecule has 122 valence electrons. The molecule has 0 aromatic heterocycles. The number of fused-ring (bicyclic) bond motifs is 1. The molecular weight excluding hydrogens is 317 g/mol. The van der Waals surface area contributed by atoms with E-state index in [4.69, 9.17) is 4.74 Å². The molecule has 1 aliphatic heterocycles. The summed E-state index contributed by atoms with van der Waals surface area (Å²) in [6.45, 7) is 0.707. The van der Waals surface area contributed by atoms with Gasteiger partial charge in [0.1, 0.15) is 5.82 Å². The van der Waals surface area contributed by atoms with E-state index in [2.05, 4.69) is 4.72 Å². The van der Waals surface area contributed by atoms with Gasteiger partial charge in [0, 0.05) is 13.0 Å². The molecule has 0 saturated heterocycles. The molecular formula is C17H18FNO3S. The quantitative estimate of drug-likeness (QED) is 0.913. The van der Waals surface area contributed by atoms with Crippen LogP contribution in [0.1, 0.15) is 16.7 Å². The molecule has 1 heterocycles. The number of benzene rings is 2. The van der Waals surface area contributed by atoms with Crippen LogP contribution in [0.15, 0.2) is 48.5 Å². The van der Waals surface area contributed by atoms with E-state index >= 15 is 0 Å². The lowest BCUT2D eigenvalue weighted by Crippen LogP contribution is -2.37. The van der Waals surface area contributed by atoms with Crippen LogP contribution < -0.4 is 4.72 Å². The second-order valence-corrected chi connectivity index (χ2v) is 7.45. The summed E-state index contributed by atoms with van der Waals surface area (Å²) in [5.41, 5.74) is 2.76. The van der Waals surface area contributed by atoms with Crippen molar-refractivity contribution in [2.45, 2.75) is 24.9 Å². The second kappa shape index (κ2) is 6.78. The van der Waals surface area contributed by atoms with Gasteiger partial charge in [-0.15, -0.1) is 0 Å². The molecule has 1 N–H and O–H groups in total. The molecule has 1 atom stereocenters. The Morgan fingerprint density at radius 1 is 1.13 bits per heavy atom. The molecule has 3 rings (SSSR count). The summed E-state index contributed by atoms with van der Waals surface area (Å²) in [5.74, 6) is -0.682. The highest BCUT2D eigenvalue weighted by Gasteiger charge is 2.21.